The zero-order valence-electron chi connectivity index (χ0n) is 11.7. The van der Waals surface area contributed by atoms with E-state index in [0.29, 0.717) is 18.7 Å². The van der Waals surface area contributed by atoms with Crippen LogP contribution in [0.1, 0.15) is 10.4 Å². The molecule has 22 heavy (non-hydrogen) atoms. The average molecular weight is 383 g/mol. The Hall–Kier alpha value is -1.86. The maximum absolute atomic E-state index is 11.6. The molecule has 0 fully saturated rings. The van der Waals surface area contributed by atoms with Gasteiger partial charge in [-0.2, -0.15) is 11.3 Å². The van der Waals surface area contributed by atoms with E-state index in [0.717, 1.165) is 10.2 Å². The van der Waals surface area contributed by atoms with Crippen LogP contribution in [-0.2, 0) is 4.79 Å². The Kier molecular flexibility index (Phi) is 6.42. The van der Waals surface area contributed by atoms with E-state index >= 15 is 0 Å². The van der Waals surface area contributed by atoms with Crippen LogP contribution in [0, 0.1) is 0 Å². The second-order valence-corrected chi connectivity index (χ2v) is 6.05. The van der Waals surface area contributed by atoms with Gasteiger partial charge in [0.15, 0.2) is 0 Å². The summed E-state index contributed by atoms with van der Waals surface area (Å²) in [4.78, 5) is 23.2. The number of hydrogen-bond acceptors (Lipinski definition) is 4. The van der Waals surface area contributed by atoms with Crippen molar-refractivity contribution >= 4 is 39.1 Å². The number of carbonyl (C=O) groups excluding carboxylic acids is 2. The van der Waals surface area contributed by atoms with Crippen LogP contribution in [0.15, 0.2) is 45.6 Å². The van der Waals surface area contributed by atoms with Crippen LogP contribution in [0.25, 0.3) is 0 Å². The SMILES string of the molecule is O=C(CNC(=O)c1ccsc1)NCCOc1cccc(Br)c1. The maximum atomic E-state index is 11.6. The summed E-state index contributed by atoms with van der Waals surface area (Å²) in [6.07, 6.45) is 0. The van der Waals surface area contributed by atoms with Crippen LogP contribution >= 0.6 is 27.3 Å². The number of thiophene rings is 1. The first-order chi connectivity index (χ1) is 10.6. The third kappa shape index (κ3) is 5.50. The number of hydrogen-bond donors (Lipinski definition) is 2. The van der Waals surface area contributed by atoms with Crippen LogP contribution in [0.4, 0.5) is 0 Å². The minimum absolute atomic E-state index is 0.0500. The Labute approximate surface area is 140 Å². The summed E-state index contributed by atoms with van der Waals surface area (Å²) in [7, 11) is 0. The van der Waals surface area contributed by atoms with Crippen LogP contribution in [0.2, 0.25) is 0 Å². The molecule has 0 radical (unpaired) electrons. The fourth-order valence-corrected chi connectivity index (χ4v) is 2.65. The molecular formula is C15H15BrN2O3S. The molecule has 0 saturated carbocycles. The first-order valence-corrected chi connectivity index (χ1v) is 8.34. The molecule has 0 aliphatic heterocycles. The highest BCUT2D eigenvalue weighted by Crippen LogP contribution is 2.17. The van der Waals surface area contributed by atoms with Crippen molar-refractivity contribution in [2.75, 3.05) is 19.7 Å². The lowest BCUT2D eigenvalue weighted by Gasteiger charge is -2.08. The lowest BCUT2D eigenvalue weighted by molar-refractivity contribution is -0.120. The van der Waals surface area contributed by atoms with E-state index in [9.17, 15) is 9.59 Å². The van der Waals surface area contributed by atoms with Gasteiger partial charge in [-0.25, -0.2) is 0 Å². The van der Waals surface area contributed by atoms with Gasteiger partial charge in [0, 0.05) is 15.4 Å². The minimum Gasteiger partial charge on any atom is -0.492 e. The summed E-state index contributed by atoms with van der Waals surface area (Å²) in [5.74, 6) is 0.234. The number of carbonyl (C=O) groups is 2. The first kappa shape index (κ1) is 16.5. The van der Waals surface area contributed by atoms with Gasteiger partial charge in [-0.05, 0) is 29.6 Å². The van der Waals surface area contributed by atoms with Crippen molar-refractivity contribution in [1.82, 2.24) is 10.6 Å². The number of rotatable bonds is 7. The van der Waals surface area contributed by atoms with Crippen LogP contribution in [-0.4, -0.2) is 31.5 Å². The molecule has 0 saturated heterocycles. The molecule has 7 heteroatoms. The molecule has 1 aromatic heterocycles. The van der Waals surface area contributed by atoms with Crippen molar-refractivity contribution in [2.24, 2.45) is 0 Å². The summed E-state index contributed by atoms with van der Waals surface area (Å²) in [6, 6.07) is 9.18. The highest BCUT2D eigenvalue weighted by Gasteiger charge is 2.07. The van der Waals surface area contributed by atoms with E-state index in [4.69, 9.17) is 4.74 Å². The smallest absolute Gasteiger partial charge is 0.252 e. The highest BCUT2D eigenvalue weighted by molar-refractivity contribution is 9.10. The average Bonchev–Trinajstić information content (AvgIpc) is 3.04. The van der Waals surface area contributed by atoms with Gasteiger partial charge >= 0.3 is 0 Å². The van der Waals surface area contributed by atoms with E-state index in [1.807, 2.05) is 29.6 Å². The molecule has 0 aliphatic rings. The monoisotopic (exact) mass is 382 g/mol. The Bertz CT molecular complexity index is 631. The fourth-order valence-electron chi connectivity index (χ4n) is 1.63. The van der Waals surface area contributed by atoms with E-state index < -0.39 is 0 Å². The van der Waals surface area contributed by atoms with Gasteiger partial charge in [-0.3, -0.25) is 9.59 Å². The summed E-state index contributed by atoms with van der Waals surface area (Å²) in [5, 5.41) is 8.79. The molecule has 1 aromatic carbocycles. The molecular weight excluding hydrogens is 368 g/mol. The quantitative estimate of drug-likeness (QED) is 0.722. The molecule has 0 atom stereocenters. The maximum Gasteiger partial charge on any atom is 0.252 e. The van der Waals surface area contributed by atoms with Crippen molar-refractivity contribution in [1.29, 1.82) is 0 Å². The molecule has 2 rings (SSSR count). The van der Waals surface area contributed by atoms with Gasteiger partial charge in [0.05, 0.1) is 13.1 Å². The van der Waals surface area contributed by atoms with Gasteiger partial charge in [-0.1, -0.05) is 22.0 Å². The zero-order chi connectivity index (χ0) is 15.8. The first-order valence-electron chi connectivity index (χ1n) is 6.60. The van der Waals surface area contributed by atoms with Crippen molar-refractivity contribution < 1.29 is 14.3 Å². The molecule has 2 N–H and O–H groups in total. The van der Waals surface area contributed by atoms with Gasteiger partial charge in [-0.15, -0.1) is 0 Å². The molecule has 2 aromatic rings. The number of ether oxygens (including phenoxy) is 1. The van der Waals surface area contributed by atoms with Gasteiger partial charge < -0.3 is 15.4 Å². The largest absolute Gasteiger partial charge is 0.492 e. The lowest BCUT2D eigenvalue weighted by atomic mass is 10.3. The fraction of sp³-hybridized carbons (Fsp3) is 0.200. The second kappa shape index (κ2) is 8.55. The molecule has 0 bridgehead atoms. The van der Waals surface area contributed by atoms with Crippen LogP contribution < -0.4 is 15.4 Å². The zero-order valence-corrected chi connectivity index (χ0v) is 14.1. The number of benzene rings is 1. The normalized spacial score (nSPS) is 10.0. The minimum atomic E-state index is -0.249. The molecule has 5 nitrogen and oxygen atoms in total. The summed E-state index contributed by atoms with van der Waals surface area (Å²) in [6.45, 7) is 0.686. The van der Waals surface area contributed by atoms with Crippen LogP contribution in [0.5, 0.6) is 5.75 Å². The highest BCUT2D eigenvalue weighted by atomic mass is 79.9. The second-order valence-electron chi connectivity index (χ2n) is 4.35. The predicted octanol–water partition coefficient (Wildman–Crippen LogP) is 2.44. The van der Waals surface area contributed by atoms with Crippen LogP contribution in [0.3, 0.4) is 0 Å². The van der Waals surface area contributed by atoms with Gasteiger partial charge in [0.1, 0.15) is 12.4 Å². The van der Waals surface area contributed by atoms with Crippen molar-refractivity contribution in [3.05, 3.63) is 51.1 Å². The number of nitrogens with one attached hydrogen (secondary N) is 2. The Morgan fingerprint density at radius 2 is 2.09 bits per heavy atom. The van der Waals surface area contributed by atoms with E-state index in [-0.39, 0.29) is 18.4 Å². The topological polar surface area (TPSA) is 67.4 Å². The van der Waals surface area contributed by atoms with Gasteiger partial charge in [0.2, 0.25) is 5.91 Å². The van der Waals surface area contributed by atoms with Crippen molar-refractivity contribution in [2.45, 2.75) is 0 Å². The third-order valence-corrected chi connectivity index (χ3v) is 3.86. The summed E-state index contributed by atoms with van der Waals surface area (Å²) < 4.78 is 6.43. The van der Waals surface area contributed by atoms with E-state index in [2.05, 4.69) is 26.6 Å². The number of halogens is 1. The van der Waals surface area contributed by atoms with Crippen molar-refractivity contribution in [3.63, 3.8) is 0 Å². The van der Waals surface area contributed by atoms with Crippen molar-refractivity contribution in [3.8, 4) is 5.75 Å². The molecule has 2 amide bonds. The Morgan fingerprint density at radius 3 is 2.82 bits per heavy atom. The van der Waals surface area contributed by atoms with E-state index in [1.165, 1.54) is 11.3 Å². The molecule has 0 aliphatic carbocycles. The van der Waals surface area contributed by atoms with Gasteiger partial charge in [0.25, 0.3) is 5.91 Å². The molecule has 0 unspecified atom stereocenters. The standard InChI is InChI=1S/C15H15BrN2O3S/c16-12-2-1-3-13(8-12)21-6-5-17-14(19)9-18-15(20)11-4-7-22-10-11/h1-4,7-8,10H,5-6,9H2,(H,17,19)(H,18,20). The Morgan fingerprint density at radius 1 is 1.23 bits per heavy atom. The third-order valence-electron chi connectivity index (χ3n) is 2.68. The lowest BCUT2D eigenvalue weighted by Crippen LogP contribution is -2.38. The predicted molar refractivity (Wildman–Crippen MR) is 89.3 cm³/mol. The summed E-state index contributed by atoms with van der Waals surface area (Å²) >= 11 is 4.79. The Balaban J connectivity index is 1.61. The number of amides is 2. The molecule has 0 spiro atoms. The molecule has 1 heterocycles. The molecule has 116 valence electrons. The summed E-state index contributed by atoms with van der Waals surface area (Å²) in [5.41, 5.74) is 0.566. The van der Waals surface area contributed by atoms with E-state index in [1.54, 1.807) is 11.4 Å².